The van der Waals surface area contributed by atoms with E-state index in [1.807, 2.05) is 0 Å². The molecule has 2 aromatic carbocycles. The van der Waals surface area contributed by atoms with Crippen molar-refractivity contribution in [3.8, 4) is 0 Å². The van der Waals surface area contributed by atoms with Crippen molar-refractivity contribution in [2.45, 2.75) is 19.8 Å². The zero-order valence-corrected chi connectivity index (χ0v) is 16.9. The number of benzene rings is 2. The summed E-state index contributed by atoms with van der Waals surface area (Å²) >= 11 is 0. The van der Waals surface area contributed by atoms with Gasteiger partial charge < -0.3 is 0 Å². The average molecular weight is 373 g/mol. The van der Waals surface area contributed by atoms with E-state index in [1.54, 1.807) is 0 Å². The van der Waals surface area contributed by atoms with E-state index < -0.39 is 0 Å². The number of hydrogen-bond acceptors (Lipinski definition) is 0. The SMILES string of the molecule is CC(C)(C1=C2C=CC3C=CC=CC3=C2C=C1)C1C=Cc2c1ccc1ccccc21. The van der Waals surface area contributed by atoms with E-state index in [2.05, 4.69) is 111 Å². The number of fused-ring (bicyclic) bond motifs is 5. The largest absolute Gasteiger partial charge is 0.0755 e. The quantitative estimate of drug-likeness (QED) is 0.513. The second kappa shape index (κ2) is 5.94. The summed E-state index contributed by atoms with van der Waals surface area (Å²) < 4.78 is 0. The smallest absolute Gasteiger partial charge is 0.0211 e. The van der Waals surface area contributed by atoms with Crippen molar-refractivity contribution in [3.05, 3.63) is 125 Å². The lowest BCUT2D eigenvalue weighted by atomic mass is 9.69. The Morgan fingerprint density at radius 2 is 1.62 bits per heavy atom. The Bertz CT molecular complexity index is 1260. The highest BCUT2D eigenvalue weighted by Gasteiger charge is 2.39. The van der Waals surface area contributed by atoms with Crippen molar-refractivity contribution >= 4 is 16.8 Å². The molecule has 2 unspecified atom stereocenters. The molecule has 0 radical (unpaired) electrons. The number of allylic oxidation sites excluding steroid dienone is 13. The molecule has 2 atom stereocenters. The first kappa shape index (κ1) is 16.8. The summed E-state index contributed by atoms with van der Waals surface area (Å²) in [4.78, 5) is 0. The van der Waals surface area contributed by atoms with Crippen molar-refractivity contribution in [1.82, 2.24) is 0 Å². The average Bonchev–Trinajstić information content (AvgIpc) is 3.39. The third kappa shape index (κ3) is 2.32. The lowest BCUT2D eigenvalue weighted by molar-refractivity contribution is 0.409. The third-order valence-electron chi connectivity index (χ3n) is 7.11. The first-order valence-corrected chi connectivity index (χ1v) is 10.5. The van der Waals surface area contributed by atoms with Crippen LogP contribution in [0.5, 0.6) is 0 Å². The predicted molar refractivity (Wildman–Crippen MR) is 124 cm³/mol. The summed E-state index contributed by atoms with van der Waals surface area (Å²) in [6.45, 7) is 4.81. The highest BCUT2D eigenvalue weighted by atomic mass is 14.4. The summed E-state index contributed by atoms with van der Waals surface area (Å²) in [5, 5.41) is 2.68. The molecule has 0 heteroatoms. The maximum atomic E-state index is 2.42. The van der Waals surface area contributed by atoms with Gasteiger partial charge in [0.25, 0.3) is 0 Å². The van der Waals surface area contributed by atoms with Gasteiger partial charge in [-0.25, -0.2) is 0 Å². The van der Waals surface area contributed by atoms with Gasteiger partial charge in [-0.3, -0.25) is 0 Å². The molecule has 0 amide bonds. The minimum Gasteiger partial charge on any atom is -0.0755 e. The summed E-state index contributed by atoms with van der Waals surface area (Å²) in [5.41, 5.74) is 8.56. The van der Waals surface area contributed by atoms with E-state index in [9.17, 15) is 0 Å². The molecule has 0 aliphatic heterocycles. The standard InChI is InChI=1S/C29H24/c1-29(2,27-17-15-23-21-9-5-3-7-19(21)11-13-25(23)27)28-18-16-24-22-10-6-4-8-20(22)12-14-26(24)28/h3-19,28H,1-2H3. The van der Waals surface area contributed by atoms with Gasteiger partial charge in [-0.05, 0) is 44.2 Å². The van der Waals surface area contributed by atoms with E-state index in [1.165, 1.54) is 44.2 Å². The molecule has 0 bridgehead atoms. The van der Waals surface area contributed by atoms with Gasteiger partial charge in [0.2, 0.25) is 0 Å². The zero-order valence-electron chi connectivity index (χ0n) is 16.9. The summed E-state index contributed by atoms with van der Waals surface area (Å²) in [5.74, 6) is 0.802. The van der Waals surface area contributed by atoms with E-state index >= 15 is 0 Å². The Labute approximate surface area is 172 Å². The van der Waals surface area contributed by atoms with Crippen LogP contribution in [0.4, 0.5) is 0 Å². The maximum Gasteiger partial charge on any atom is 0.0211 e. The Kier molecular flexibility index (Phi) is 3.44. The lowest BCUT2D eigenvalue weighted by Gasteiger charge is -2.34. The molecule has 0 saturated carbocycles. The van der Waals surface area contributed by atoms with Gasteiger partial charge in [-0.15, -0.1) is 0 Å². The molecule has 0 heterocycles. The Morgan fingerprint density at radius 1 is 0.724 bits per heavy atom. The molecule has 2 aromatic rings. The normalized spacial score (nSPS) is 23.9. The van der Waals surface area contributed by atoms with Crippen molar-refractivity contribution in [1.29, 1.82) is 0 Å². The van der Waals surface area contributed by atoms with E-state index in [0.717, 1.165) is 0 Å². The maximum absolute atomic E-state index is 2.42. The van der Waals surface area contributed by atoms with Crippen molar-refractivity contribution < 1.29 is 0 Å². The van der Waals surface area contributed by atoms with Crippen LogP contribution < -0.4 is 0 Å². The minimum absolute atomic E-state index is 0.0176. The van der Waals surface area contributed by atoms with Crippen molar-refractivity contribution in [2.24, 2.45) is 11.3 Å². The molecule has 0 aromatic heterocycles. The topological polar surface area (TPSA) is 0 Å². The summed E-state index contributed by atoms with van der Waals surface area (Å²) in [6.07, 6.45) is 23.0. The molecule has 6 rings (SSSR count). The van der Waals surface area contributed by atoms with Gasteiger partial charge in [0.05, 0.1) is 0 Å². The highest BCUT2D eigenvalue weighted by Crippen LogP contribution is 2.53. The minimum atomic E-state index is 0.0176. The Hall–Kier alpha value is -3.12. The number of hydrogen-bond donors (Lipinski definition) is 0. The van der Waals surface area contributed by atoms with E-state index in [0.29, 0.717) is 11.8 Å². The molecule has 4 aliphatic rings. The second-order valence-electron chi connectivity index (χ2n) is 9.01. The number of rotatable bonds is 2. The zero-order chi connectivity index (χ0) is 19.6. The first-order chi connectivity index (χ1) is 14.1. The highest BCUT2D eigenvalue weighted by molar-refractivity contribution is 5.94. The fourth-order valence-corrected chi connectivity index (χ4v) is 5.54. The van der Waals surface area contributed by atoms with Crippen LogP contribution in [0.2, 0.25) is 0 Å². The molecule has 4 aliphatic carbocycles. The van der Waals surface area contributed by atoms with E-state index in [4.69, 9.17) is 0 Å². The van der Waals surface area contributed by atoms with Crippen LogP contribution in [0.15, 0.2) is 113 Å². The second-order valence-corrected chi connectivity index (χ2v) is 9.01. The third-order valence-corrected chi connectivity index (χ3v) is 7.11. The molecule has 140 valence electrons. The molecule has 0 fully saturated rings. The van der Waals surface area contributed by atoms with Gasteiger partial charge in [0, 0.05) is 17.3 Å². The van der Waals surface area contributed by atoms with E-state index in [-0.39, 0.29) is 5.41 Å². The van der Waals surface area contributed by atoms with Crippen LogP contribution in [-0.4, -0.2) is 0 Å². The molecule has 0 N–H and O–H groups in total. The van der Waals surface area contributed by atoms with Crippen molar-refractivity contribution in [3.63, 3.8) is 0 Å². The lowest BCUT2D eigenvalue weighted by Crippen LogP contribution is -2.23. The predicted octanol–water partition coefficient (Wildman–Crippen LogP) is 7.45. The monoisotopic (exact) mass is 372 g/mol. The fraction of sp³-hybridized carbons (Fsp3) is 0.172. The molecular formula is C29H24. The molecular weight excluding hydrogens is 348 g/mol. The van der Waals surface area contributed by atoms with Gasteiger partial charge in [-0.1, -0.05) is 111 Å². The van der Waals surface area contributed by atoms with Gasteiger partial charge in [-0.2, -0.15) is 0 Å². The summed E-state index contributed by atoms with van der Waals surface area (Å²) in [7, 11) is 0. The van der Waals surface area contributed by atoms with Crippen LogP contribution in [-0.2, 0) is 0 Å². The van der Waals surface area contributed by atoms with Gasteiger partial charge >= 0.3 is 0 Å². The van der Waals surface area contributed by atoms with Crippen LogP contribution in [0.3, 0.4) is 0 Å². The van der Waals surface area contributed by atoms with Crippen LogP contribution >= 0.6 is 0 Å². The van der Waals surface area contributed by atoms with Crippen molar-refractivity contribution in [2.75, 3.05) is 0 Å². The van der Waals surface area contributed by atoms with Crippen LogP contribution in [0.25, 0.3) is 16.8 Å². The molecule has 0 spiro atoms. The van der Waals surface area contributed by atoms with Crippen LogP contribution in [0.1, 0.15) is 30.9 Å². The molecule has 0 nitrogen and oxygen atoms in total. The Balaban J connectivity index is 1.47. The first-order valence-electron chi connectivity index (χ1n) is 10.5. The molecule has 0 saturated heterocycles. The Morgan fingerprint density at radius 3 is 2.55 bits per heavy atom. The molecule has 29 heavy (non-hydrogen) atoms. The van der Waals surface area contributed by atoms with Gasteiger partial charge in [0.1, 0.15) is 0 Å². The fourth-order valence-electron chi connectivity index (χ4n) is 5.54. The summed E-state index contributed by atoms with van der Waals surface area (Å²) in [6, 6.07) is 13.4. The van der Waals surface area contributed by atoms with Gasteiger partial charge in [0.15, 0.2) is 0 Å². The van der Waals surface area contributed by atoms with Crippen LogP contribution in [0, 0.1) is 11.3 Å².